The molecule has 0 aliphatic heterocycles. The second-order valence-corrected chi connectivity index (χ2v) is 5.10. The largest absolute Gasteiger partial charge is 0.466 e. The minimum Gasteiger partial charge on any atom is -0.466 e. The summed E-state index contributed by atoms with van der Waals surface area (Å²) < 4.78 is 10.2. The van der Waals surface area contributed by atoms with Crippen molar-refractivity contribution in [3.63, 3.8) is 0 Å². The third-order valence-corrected chi connectivity index (χ3v) is 2.73. The van der Waals surface area contributed by atoms with E-state index in [0.29, 0.717) is 13.0 Å². The van der Waals surface area contributed by atoms with Gasteiger partial charge in [0.25, 0.3) is 0 Å². The summed E-state index contributed by atoms with van der Waals surface area (Å²) in [6, 6.07) is 0. The first-order valence-corrected chi connectivity index (χ1v) is 8.31. The van der Waals surface area contributed by atoms with Crippen molar-refractivity contribution in [2.45, 2.75) is 79.1 Å². The smallest absolute Gasteiger partial charge is 0.306 e. The van der Waals surface area contributed by atoms with Gasteiger partial charge in [0.2, 0.25) is 0 Å². The number of unbranched alkanes of at least 4 members (excludes halogenated alkanes) is 3. The van der Waals surface area contributed by atoms with Crippen LogP contribution in [0, 0.1) is 0 Å². The van der Waals surface area contributed by atoms with Crippen LogP contribution >= 0.6 is 0 Å². The van der Waals surface area contributed by atoms with Gasteiger partial charge in [-0.25, -0.2) is 0 Å². The van der Waals surface area contributed by atoms with E-state index in [4.69, 9.17) is 9.47 Å². The van der Waals surface area contributed by atoms with Crippen molar-refractivity contribution in [2.75, 3.05) is 19.8 Å². The van der Waals surface area contributed by atoms with Crippen molar-refractivity contribution < 1.29 is 19.1 Å². The standard InChI is InChI=1S/C9H16O3.C8H18O/c1-3-4-7-12-9(11)6-5-8(2)10;1-3-5-7-9-8-6-4-2/h3-7H2,1-2H3;3-8H2,1-2H3. The molecule has 0 rings (SSSR count). The van der Waals surface area contributed by atoms with Crippen LogP contribution < -0.4 is 0 Å². The monoisotopic (exact) mass is 302 g/mol. The number of carbonyl (C=O) groups excluding carboxylic acids is 2. The van der Waals surface area contributed by atoms with Gasteiger partial charge in [0.15, 0.2) is 0 Å². The normalized spacial score (nSPS) is 9.71. The molecule has 0 aliphatic carbocycles. The van der Waals surface area contributed by atoms with Crippen molar-refractivity contribution in [2.24, 2.45) is 0 Å². The molecule has 0 atom stereocenters. The summed E-state index contributed by atoms with van der Waals surface area (Å²) >= 11 is 0. The second-order valence-electron chi connectivity index (χ2n) is 5.10. The Balaban J connectivity index is 0. The Bertz CT molecular complexity index is 233. The van der Waals surface area contributed by atoms with Gasteiger partial charge >= 0.3 is 5.97 Å². The van der Waals surface area contributed by atoms with Gasteiger partial charge in [0, 0.05) is 19.6 Å². The maximum atomic E-state index is 10.8. The minimum absolute atomic E-state index is 0.0300. The van der Waals surface area contributed by atoms with Crippen molar-refractivity contribution in [3.8, 4) is 0 Å². The lowest BCUT2D eigenvalue weighted by Crippen LogP contribution is -2.07. The average molecular weight is 302 g/mol. The lowest BCUT2D eigenvalue weighted by molar-refractivity contribution is -0.144. The summed E-state index contributed by atoms with van der Waals surface area (Å²) in [5.74, 6) is -0.235. The molecular formula is C17H34O4. The van der Waals surface area contributed by atoms with Crippen LogP contribution in [0.15, 0.2) is 0 Å². The maximum absolute atomic E-state index is 10.8. The maximum Gasteiger partial charge on any atom is 0.306 e. The summed E-state index contributed by atoms with van der Waals surface area (Å²) in [6.07, 6.45) is 7.33. The first-order valence-electron chi connectivity index (χ1n) is 8.31. The number of rotatable bonds is 12. The highest BCUT2D eigenvalue weighted by atomic mass is 16.5. The fourth-order valence-corrected chi connectivity index (χ4v) is 1.28. The molecule has 0 unspecified atom stereocenters. The molecule has 21 heavy (non-hydrogen) atoms. The van der Waals surface area contributed by atoms with Gasteiger partial charge in [-0.15, -0.1) is 0 Å². The third kappa shape index (κ3) is 24.5. The highest BCUT2D eigenvalue weighted by Crippen LogP contribution is 1.96. The molecule has 4 nitrogen and oxygen atoms in total. The van der Waals surface area contributed by atoms with Crippen molar-refractivity contribution in [1.82, 2.24) is 0 Å². The Kier molecular flexibility index (Phi) is 20.4. The number of Topliss-reactive ketones (excluding diaryl/α,β-unsaturated/α-hetero) is 1. The van der Waals surface area contributed by atoms with Gasteiger partial charge in [0.1, 0.15) is 5.78 Å². The van der Waals surface area contributed by atoms with Gasteiger partial charge in [-0.05, 0) is 26.2 Å². The van der Waals surface area contributed by atoms with Crippen LogP contribution in [0.4, 0.5) is 0 Å². The molecule has 0 bridgehead atoms. The number of hydrogen-bond donors (Lipinski definition) is 0. The molecule has 0 N–H and O–H groups in total. The highest BCUT2D eigenvalue weighted by Gasteiger charge is 2.03. The van der Waals surface area contributed by atoms with E-state index in [1.807, 2.05) is 6.92 Å². The first-order chi connectivity index (χ1) is 10.1. The predicted molar refractivity (Wildman–Crippen MR) is 86.4 cm³/mol. The molecule has 0 heterocycles. The Hall–Kier alpha value is -0.900. The van der Waals surface area contributed by atoms with Crippen molar-refractivity contribution in [3.05, 3.63) is 0 Å². The van der Waals surface area contributed by atoms with E-state index in [1.165, 1.54) is 32.6 Å². The highest BCUT2D eigenvalue weighted by molar-refractivity contribution is 5.80. The first kappa shape index (κ1) is 22.4. The molecule has 0 aromatic rings. The van der Waals surface area contributed by atoms with Crippen LogP contribution in [-0.4, -0.2) is 31.6 Å². The zero-order valence-corrected chi connectivity index (χ0v) is 14.4. The Labute approximate surface area is 130 Å². The molecule has 4 heteroatoms. The molecule has 0 amide bonds. The van der Waals surface area contributed by atoms with E-state index in [-0.39, 0.29) is 18.2 Å². The summed E-state index contributed by atoms with van der Waals surface area (Å²) in [5, 5.41) is 0. The van der Waals surface area contributed by atoms with Gasteiger partial charge < -0.3 is 14.3 Å². The lowest BCUT2D eigenvalue weighted by Gasteiger charge is -2.01. The van der Waals surface area contributed by atoms with Crippen LogP contribution in [0.3, 0.4) is 0 Å². The molecule has 0 aromatic heterocycles. The Morgan fingerprint density at radius 2 is 1.24 bits per heavy atom. The Morgan fingerprint density at radius 3 is 1.67 bits per heavy atom. The van der Waals surface area contributed by atoms with Crippen LogP contribution in [0.5, 0.6) is 0 Å². The molecule has 0 saturated heterocycles. The quantitative estimate of drug-likeness (QED) is 0.398. The van der Waals surface area contributed by atoms with Gasteiger partial charge in [0.05, 0.1) is 13.0 Å². The molecule has 0 spiro atoms. The van der Waals surface area contributed by atoms with Gasteiger partial charge in [-0.2, -0.15) is 0 Å². The minimum atomic E-state index is -0.265. The molecule has 0 radical (unpaired) electrons. The van der Waals surface area contributed by atoms with Crippen LogP contribution in [0.25, 0.3) is 0 Å². The zero-order chi connectivity index (χ0) is 16.3. The van der Waals surface area contributed by atoms with E-state index in [2.05, 4.69) is 13.8 Å². The van der Waals surface area contributed by atoms with E-state index in [9.17, 15) is 9.59 Å². The number of hydrogen-bond acceptors (Lipinski definition) is 4. The van der Waals surface area contributed by atoms with E-state index >= 15 is 0 Å². The van der Waals surface area contributed by atoms with Crippen LogP contribution in [0.2, 0.25) is 0 Å². The average Bonchev–Trinajstić information content (AvgIpc) is 2.46. The van der Waals surface area contributed by atoms with E-state index in [1.54, 1.807) is 0 Å². The molecule has 0 aromatic carbocycles. The number of ketones is 1. The number of ether oxygens (including phenoxy) is 2. The van der Waals surface area contributed by atoms with E-state index in [0.717, 1.165) is 26.1 Å². The molecule has 126 valence electrons. The topological polar surface area (TPSA) is 52.6 Å². The number of esters is 1. The zero-order valence-electron chi connectivity index (χ0n) is 14.4. The SMILES string of the molecule is CCCCOC(=O)CCC(C)=O.CCCCOCCCC. The Morgan fingerprint density at radius 1 is 0.762 bits per heavy atom. The fourth-order valence-electron chi connectivity index (χ4n) is 1.28. The van der Waals surface area contributed by atoms with Crippen molar-refractivity contribution >= 4 is 11.8 Å². The van der Waals surface area contributed by atoms with Gasteiger partial charge in [-0.1, -0.05) is 40.0 Å². The molecular weight excluding hydrogens is 268 g/mol. The summed E-state index contributed by atoms with van der Waals surface area (Å²) in [7, 11) is 0. The summed E-state index contributed by atoms with van der Waals surface area (Å²) in [4.78, 5) is 21.3. The molecule has 0 aliphatic rings. The fraction of sp³-hybridized carbons (Fsp3) is 0.882. The van der Waals surface area contributed by atoms with E-state index < -0.39 is 0 Å². The third-order valence-electron chi connectivity index (χ3n) is 2.73. The molecule has 0 fully saturated rings. The lowest BCUT2D eigenvalue weighted by atomic mass is 10.2. The summed E-state index contributed by atoms with van der Waals surface area (Å²) in [5.41, 5.74) is 0. The predicted octanol–water partition coefficient (Wildman–Crippen LogP) is 4.30. The van der Waals surface area contributed by atoms with Crippen LogP contribution in [0.1, 0.15) is 79.1 Å². The van der Waals surface area contributed by atoms with Gasteiger partial charge in [-0.3, -0.25) is 4.79 Å². The number of carbonyl (C=O) groups is 2. The van der Waals surface area contributed by atoms with Crippen molar-refractivity contribution in [1.29, 1.82) is 0 Å². The molecule has 0 saturated carbocycles. The summed E-state index contributed by atoms with van der Waals surface area (Å²) in [6.45, 7) is 10.3. The van der Waals surface area contributed by atoms with Crippen LogP contribution in [-0.2, 0) is 19.1 Å². The second kappa shape index (κ2) is 19.1.